The molecule has 0 unspecified atom stereocenters. The molecular formula is C38H30N4. The molecule has 0 atom stereocenters. The lowest BCUT2D eigenvalue weighted by atomic mass is 9.85. The fraction of sp³-hybridized carbons (Fsp3) is 0.105. The summed E-state index contributed by atoms with van der Waals surface area (Å²) >= 11 is 0. The molecule has 0 fully saturated rings. The van der Waals surface area contributed by atoms with Crippen LogP contribution in [-0.4, -0.2) is 19.9 Å². The number of aryl methyl sites for hydroxylation is 3. The van der Waals surface area contributed by atoms with Crippen LogP contribution < -0.4 is 0 Å². The van der Waals surface area contributed by atoms with E-state index in [1.807, 2.05) is 49.1 Å². The van der Waals surface area contributed by atoms with Gasteiger partial charge in [0.05, 0.1) is 16.7 Å². The minimum Gasteiger partial charge on any atom is -0.261 e. The second-order valence-electron chi connectivity index (χ2n) is 11.0. The Morgan fingerprint density at radius 1 is 0.476 bits per heavy atom. The maximum Gasteiger partial charge on any atom is 0.0787 e. The van der Waals surface area contributed by atoms with Crippen LogP contribution in [0.1, 0.15) is 22.4 Å². The largest absolute Gasteiger partial charge is 0.261 e. The first kappa shape index (κ1) is 25.7. The lowest BCUT2D eigenvalue weighted by Gasteiger charge is -2.20. The summed E-state index contributed by atoms with van der Waals surface area (Å²) in [6.07, 6.45) is 7.55. The van der Waals surface area contributed by atoms with Gasteiger partial charge in [-0.25, -0.2) is 0 Å². The first-order valence-electron chi connectivity index (χ1n) is 14.2. The molecule has 0 bridgehead atoms. The van der Waals surface area contributed by atoms with E-state index in [2.05, 4.69) is 98.3 Å². The van der Waals surface area contributed by atoms with Gasteiger partial charge >= 0.3 is 0 Å². The smallest absolute Gasteiger partial charge is 0.0787 e. The Labute approximate surface area is 245 Å². The summed E-state index contributed by atoms with van der Waals surface area (Å²) in [5, 5.41) is 2.21. The molecule has 0 saturated carbocycles. The van der Waals surface area contributed by atoms with Gasteiger partial charge in [-0.1, -0.05) is 30.3 Å². The van der Waals surface area contributed by atoms with Crippen molar-refractivity contribution >= 4 is 21.8 Å². The van der Waals surface area contributed by atoms with Gasteiger partial charge in [0.15, 0.2) is 0 Å². The molecule has 0 aliphatic rings. The Kier molecular flexibility index (Phi) is 6.32. The lowest BCUT2D eigenvalue weighted by Crippen LogP contribution is -1.97. The van der Waals surface area contributed by atoms with Crippen molar-refractivity contribution in [1.29, 1.82) is 0 Å². The first-order chi connectivity index (χ1) is 20.5. The van der Waals surface area contributed by atoms with Gasteiger partial charge in [-0.15, -0.1) is 0 Å². The molecule has 7 rings (SSSR count). The van der Waals surface area contributed by atoms with Crippen LogP contribution in [0.2, 0.25) is 0 Å². The first-order valence-corrected chi connectivity index (χ1v) is 14.2. The molecule has 4 nitrogen and oxygen atoms in total. The molecule has 202 valence electrons. The molecule has 0 N–H and O–H groups in total. The van der Waals surface area contributed by atoms with Crippen LogP contribution in [0, 0.1) is 27.7 Å². The van der Waals surface area contributed by atoms with Crippen LogP contribution in [0.15, 0.2) is 110 Å². The van der Waals surface area contributed by atoms with E-state index in [4.69, 9.17) is 9.97 Å². The van der Waals surface area contributed by atoms with Crippen molar-refractivity contribution in [3.8, 4) is 44.6 Å². The summed E-state index contributed by atoms with van der Waals surface area (Å²) in [7, 11) is 0. The fourth-order valence-electron chi connectivity index (χ4n) is 5.98. The number of nitrogens with zero attached hydrogens (tertiary/aromatic N) is 4. The van der Waals surface area contributed by atoms with E-state index >= 15 is 0 Å². The standard InChI is InChI=1S/C38H30N4/c1-23-12-13-27(36-11-5-6-14-39-36)18-32(23)34-20-28(19-33(26(34)4)31-17-25(3)42-22-24(31)2)35-21-37-29(9-7-15-40-37)30-10-8-16-41-38(30)35/h5-22H,1-4H3. The highest BCUT2D eigenvalue weighted by atomic mass is 14.7. The summed E-state index contributed by atoms with van der Waals surface area (Å²) in [4.78, 5) is 18.8. The fourth-order valence-corrected chi connectivity index (χ4v) is 5.98. The van der Waals surface area contributed by atoms with Gasteiger partial charge in [-0.3, -0.25) is 19.9 Å². The van der Waals surface area contributed by atoms with Crippen LogP contribution in [-0.2, 0) is 0 Å². The van der Waals surface area contributed by atoms with Crippen LogP contribution in [0.3, 0.4) is 0 Å². The molecule has 0 saturated heterocycles. The third-order valence-electron chi connectivity index (χ3n) is 8.21. The van der Waals surface area contributed by atoms with Gasteiger partial charge in [0, 0.05) is 52.4 Å². The summed E-state index contributed by atoms with van der Waals surface area (Å²) in [6, 6.07) is 30.0. The average molecular weight is 543 g/mol. The maximum atomic E-state index is 4.89. The molecule has 4 aromatic heterocycles. The van der Waals surface area contributed by atoms with Crippen LogP contribution >= 0.6 is 0 Å². The van der Waals surface area contributed by atoms with Crippen molar-refractivity contribution in [3.05, 3.63) is 132 Å². The van der Waals surface area contributed by atoms with E-state index in [1.165, 1.54) is 33.4 Å². The number of fused-ring (bicyclic) bond motifs is 3. The monoisotopic (exact) mass is 542 g/mol. The molecule has 4 heterocycles. The number of benzene rings is 3. The van der Waals surface area contributed by atoms with Gasteiger partial charge < -0.3 is 0 Å². The predicted molar refractivity (Wildman–Crippen MR) is 173 cm³/mol. The summed E-state index contributed by atoms with van der Waals surface area (Å²) < 4.78 is 0. The topological polar surface area (TPSA) is 51.6 Å². The van der Waals surface area contributed by atoms with Crippen molar-refractivity contribution in [2.75, 3.05) is 0 Å². The number of pyridine rings is 4. The van der Waals surface area contributed by atoms with E-state index < -0.39 is 0 Å². The molecule has 0 amide bonds. The Hall–Kier alpha value is -5.22. The zero-order valence-corrected chi connectivity index (χ0v) is 24.2. The second-order valence-corrected chi connectivity index (χ2v) is 11.0. The van der Waals surface area contributed by atoms with Crippen LogP contribution in [0.5, 0.6) is 0 Å². The van der Waals surface area contributed by atoms with Gasteiger partial charge in [0.25, 0.3) is 0 Å². The minimum absolute atomic E-state index is 0.959. The molecule has 0 spiro atoms. The Bertz CT molecular complexity index is 2130. The van der Waals surface area contributed by atoms with E-state index in [0.717, 1.165) is 55.4 Å². The zero-order valence-electron chi connectivity index (χ0n) is 24.2. The Balaban J connectivity index is 1.56. The summed E-state index contributed by atoms with van der Waals surface area (Å²) in [6.45, 7) is 8.60. The molecule has 0 radical (unpaired) electrons. The SMILES string of the molecule is Cc1cc(-c2cc(-c3cc4ncccc4c4cccnc34)cc(-c3cc(-c4ccccn4)ccc3C)c2C)c(C)cn1. The van der Waals surface area contributed by atoms with E-state index in [1.54, 1.807) is 0 Å². The van der Waals surface area contributed by atoms with Crippen molar-refractivity contribution < 1.29 is 0 Å². The summed E-state index contributed by atoms with van der Waals surface area (Å²) in [5.41, 5.74) is 15.5. The van der Waals surface area contributed by atoms with Gasteiger partial charge in [-0.2, -0.15) is 0 Å². The molecule has 0 aliphatic carbocycles. The molecule has 42 heavy (non-hydrogen) atoms. The van der Waals surface area contributed by atoms with Gasteiger partial charge in [-0.05, 0) is 127 Å². The molecule has 3 aromatic carbocycles. The van der Waals surface area contributed by atoms with Crippen molar-refractivity contribution in [1.82, 2.24) is 19.9 Å². The van der Waals surface area contributed by atoms with Gasteiger partial charge in [0.2, 0.25) is 0 Å². The third kappa shape index (κ3) is 4.42. The van der Waals surface area contributed by atoms with Crippen molar-refractivity contribution in [2.24, 2.45) is 0 Å². The van der Waals surface area contributed by atoms with Crippen LogP contribution in [0.4, 0.5) is 0 Å². The van der Waals surface area contributed by atoms with E-state index in [9.17, 15) is 0 Å². The lowest BCUT2D eigenvalue weighted by molar-refractivity contribution is 1.17. The van der Waals surface area contributed by atoms with Gasteiger partial charge in [0.1, 0.15) is 0 Å². The zero-order chi connectivity index (χ0) is 28.8. The quantitative estimate of drug-likeness (QED) is 0.208. The van der Waals surface area contributed by atoms with Crippen molar-refractivity contribution in [3.63, 3.8) is 0 Å². The Morgan fingerprint density at radius 3 is 1.98 bits per heavy atom. The molecular weight excluding hydrogens is 512 g/mol. The number of aromatic nitrogens is 4. The van der Waals surface area contributed by atoms with E-state index in [0.29, 0.717) is 0 Å². The average Bonchev–Trinajstić information content (AvgIpc) is 3.03. The summed E-state index contributed by atoms with van der Waals surface area (Å²) in [5.74, 6) is 0. The van der Waals surface area contributed by atoms with E-state index in [-0.39, 0.29) is 0 Å². The predicted octanol–water partition coefficient (Wildman–Crippen LogP) is 9.47. The number of rotatable bonds is 4. The van der Waals surface area contributed by atoms with Crippen LogP contribution in [0.25, 0.3) is 66.4 Å². The Morgan fingerprint density at radius 2 is 1.19 bits per heavy atom. The highest BCUT2D eigenvalue weighted by Crippen LogP contribution is 2.42. The number of hydrogen-bond acceptors (Lipinski definition) is 4. The molecule has 7 aromatic rings. The highest BCUT2D eigenvalue weighted by Gasteiger charge is 2.18. The third-order valence-corrected chi connectivity index (χ3v) is 8.21. The minimum atomic E-state index is 0.959. The second kappa shape index (κ2) is 10.3. The molecule has 0 aliphatic heterocycles. The number of hydrogen-bond donors (Lipinski definition) is 0. The molecule has 4 heteroatoms. The highest BCUT2D eigenvalue weighted by molar-refractivity contribution is 6.11. The normalized spacial score (nSPS) is 11.3. The van der Waals surface area contributed by atoms with Crippen molar-refractivity contribution in [2.45, 2.75) is 27.7 Å². The maximum absolute atomic E-state index is 4.89.